The molecule has 0 aliphatic rings. The van der Waals surface area contributed by atoms with Gasteiger partial charge in [-0.1, -0.05) is 6.92 Å². The van der Waals surface area contributed by atoms with Gasteiger partial charge in [0.05, 0.1) is 4.92 Å². The number of carboxylic acid groups (broad SMARTS) is 1. The minimum atomic E-state index is -1.32. The first-order valence-electron chi connectivity index (χ1n) is 6.02. The van der Waals surface area contributed by atoms with Gasteiger partial charge in [-0.2, -0.15) is 0 Å². The smallest absolute Gasteiger partial charge is 0.342 e. The van der Waals surface area contributed by atoms with E-state index in [1.165, 1.54) is 6.07 Å². The predicted molar refractivity (Wildman–Crippen MR) is 70.6 cm³/mol. The highest BCUT2D eigenvalue weighted by Gasteiger charge is 2.23. The normalized spacial score (nSPS) is 10.5. The first-order valence-corrected chi connectivity index (χ1v) is 6.02. The highest BCUT2D eigenvalue weighted by Crippen LogP contribution is 2.23. The molecule has 0 saturated carbocycles. The van der Waals surface area contributed by atoms with E-state index >= 15 is 0 Å². The summed E-state index contributed by atoms with van der Waals surface area (Å²) in [5.74, 6) is -0.879. The maximum Gasteiger partial charge on any atom is 0.342 e. The molecule has 0 fully saturated rings. The number of pyridine rings is 1. The molecule has 1 heterocycles. The number of carbonyl (C=O) groups is 1. The van der Waals surface area contributed by atoms with Crippen LogP contribution in [0.4, 0.5) is 11.5 Å². The van der Waals surface area contributed by atoms with Gasteiger partial charge in [0.25, 0.3) is 0 Å². The number of carboxylic acids is 1. The Hall–Kier alpha value is -2.18. The van der Waals surface area contributed by atoms with Crippen LogP contribution in [0.2, 0.25) is 0 Å². The second kappa shape index (κ2) is 6.12. The largest absolute Gasteiger partial charge is 0.477 e. The first kappa shape index (κ1) is 14.9. The van der Waals surface area contributed by atoms with Crippen molar-refractivity contribution in [2.75, 3.05) is 11.4 Å². The third-order valence-corrected chi connectivity index (χ3v) is 2.68. The van der Waals surface area contributed by atoms with E-state index in [-0.39, 0.29) is 11.6 Å². The standard InChI is InChI=1S/C12H17N3O4/c1-4-5-14(8(2)3)11-6-9(12(16)17)10(7-13-11)15(18)19/h6-8H,4-5H2,1-3H3,(H,16,17). The van der Waals surface area contributed by atoms with Crippen molar-refractivity contribution in [3.63, 3.8) is 0 Å². The number of anilines is 1. The molecule has 0 amide bonds. The van der Waals surface area contributed by atoms with Crippen LogP contribution in [0.3, 0.4) is 0 Å². The molecule has 0 spiro atoms. The third-order valence-electron chi connectivity index (χ3n) is 2.68. The lowest BCUT2D eigenvalue weighted by Crippen LogP contribution is -2.32. The zero-order valence-electron chi connectivity index (χ0n) is 11.2. The molecule has 1 aromatic heterocycles. The molecule has 1 N–H and O–H groups in total. The summed E-state index contributed by atoms with van der Waals surface area (Å²) >= 11 is 0. The van der Waals surface area contributed by atoms with Gasteiger partial charge in [-0.25, -0.2) is 9.78 Å². The molecule has 0 bridgehead atoms. The number of hydrogen-bond acceptors (Lipinski definition) is 5. The highest BCUT2D eigenvalue weighted by atomic mass is 16.6. The van der Waals surface area contributed by atoms with Gasteiger partial charge in [-0.3, -0.25) is 10.1 Å². The quantitative estimate of drug-likeness (QED) is 0.627. The average Bonchev–Trinajstić information content (AvgIpc) is 2.34. The maximum atomic E-state index is 11.1. The van der Waals surface area contributed by atoms with Crippen LogP contribution in [-0.4, -0.2) is 33.6 Å². The SMILES string of the molecule is CCCN(c1cc(C(=O)O)c([N+](=O)[O-])cn1)C(C)C. The molecule has 104 valence electrons. The molecule has 7 heteroatoms. The van der Waals surface area contributed by atoms with Crippen molar-refractivity contribution >= 4 is 17.5 Å². The lowest BCUT2D eigenvalue weighted by Gasteiger charge is -2.27. The number of nitro groups is 1. The number of nitrogens with zero attached hydrogens (tertiary/aromatic N) is 3. The minimum absolute atomic E-state index is 0.135. The second-order valence-electron chi connectivity index (χ2n) is 4.41. The molecule has 0 saturated heterocycles. The minimum Gasteiger partial charge on any atom is -0.477 e. The Balaban J connectivity index is 3.27. The molecule has 0 atom stereocenters. The van der Waals surface area contributed by atoms with E-state index in [1.807, 2.05) is 25.7 Å². The van der Waals surface area contributed by atoms with Crippen LogP contribution in [0.1, 0.15) is 37.6 Å². The molecule has 0 aliphatic carbocycles. The monoisotopic (exact) mass is 267 g/mol. The second-order valence-corrected chi connectivity index (χ2v) is 4.41. The van der Waals surface area contributed by atoms with E-state index in [4.69, 9.17) is 5.11 Å². The summed E-state index contributed by atoms with van der Waals surface area (Å²) in [6, 6.07) is 1.39. The zero-order valence-corrected chi connectivity index (χ0v) is 11.2. The Labute approximate surface area is 111 Å². The van der Waals surface area contributed by atoms with Crippen LogP contribution in [0.25, 0.3) is 0 Å². The number of hydrogen-bond donors (Lipinski definition) is 1. The molecule has 1 rings (SSSR count). The predicted octanol–water partition coefficient (Wildman–Crippen LogP) is 2.31. The van der Waals surface area contributed by atoms with Crippen LogP contribution in [0.5, 0.6) is 0 Å². The van der Waals surface area contributed by atoms with Gasteiger partial charge < -0.3 is 10.0 Å². The van der Waals surface area contributed by atoms with Crippen molar-refractivity contribution in [3.05, 3.63) is 27.9 Å². The number of aromatic nitrogens is 1. The van der Waals surface area contributed by atoms with Crippen LogP contribution < -0.4 is 4.90 Å². The fraction of sp³-hybridized carbons (Fsp3) is 0.500. The summed E-state index contributed by atoms with van der Waals surface area (Å²) in [7, 11) is 0. The Morgan fingerprint density at radius 2 is 2.21 bits per heavy atom. The van der Waals surface area contributed by atoms with E-state index in [9.17, 15) is 14.9 Å². The summed E-state index contributed by atoms with van der Waals surface area (Å²) in [6.07, 6.45) is 1.88. The number of rotatable bonds is 6. The van der Waals surface area contributed by atoms with Gasteiger partial charge in [-0.05, 0) is 20.3 Å². The van der Waals surface area contributed by atoms with E-state index < -0.39 is 16.6 Å². The fourth-order valence-corrected chi connectivity index (χ4v) is 1.79. The Kier molecular flexibility index (Phi) is 4.80. The summed E-state index contributed by atoms with van der Waals surface area (Å²) < 4.78 is 0. The molecule has 0 unspecified atom stereocenters. The van der Waals surface area contributed by atoms with Crippen molar-refractivity contribution in [1.82, 2.24) is 4.98 Å². The van der Waals surface area contributed by atoms with Crippen LogP contribution >= 0.6 is 0 Å². The van der Waals surface area contributed by atoms with E-state index in [2.05, 4.69) is 4.98 Å². The molecule has 0 radical (unpaired) electrons. The maximum absolute atomic E-state index is 11.1. The lowest BCUT2D eigenvalue weighted by molar-refractivity contribution is -0.385. The Bertz CT molecular complexity index is 488. The van der Waals surface area contributed by atoms with Gasteiger partial charge in [0.15, 0.2) is 0 Å². The van der Waals surface area contributed by atoms with Crippen molar-refractivity contribution in [2.45, 2.75) is 33.2 Å². The Morgan fingerprint density at radius 3 is 2.63 bits per heavy atom. The van der Waals surface area contributed by atoms with Gasteiger partial charge in [-0.15, -0.1) is 0 Å². The Morgan fingerprint density at radius 1 is 1.58 bits per heavy atom. The lowest BCUT2D eigenvalue weighted by atomic mass is 10.2. The zero-order chi connectivity index (χ0) is 14.6. The molecule has 1 aromatic rings. The topological polar surface area (TPSA) is 96.6 Å². The van der Waals surface area contributed by atoms with Crippen LogP contribution in [0, 0.1) is 10.1 Å². The summed E-state index contributed by atoms with van der Waals surface area (Å²) in [5.41, 5.74) is -0.826. The van der Waals surface area contributed by atoms with Crippen molar-refractivity contribution in [2.24, 2.45) is 0 Å². The van der Waals surface area contributed by atoms with E-state index in [0.717, 1.165) is 12.6 Å². The summed E-state index contributed by atoms with van der Waals surface area (Å²) in [5, 5.41) is 19.8. The third kappa shape index (κ3) is 3.40. The van der Waals surface area contributed by atoms with Crippen LogP contribution in [0.15, 0.2) is 12.3 Å². The van der Waals surface area contributed by atoms with Crippen molar-refractivity contribution < 1.29 is 14.8 Å². The first-order chi connectivity index (χ1) is 8.88. The molecule has 0 aliphatic heterocycles. The van der Waals surface area contributed by atoms with Gasteiger partial charge in [0.2, 0.25) is 0 Å². The summed E-state index contributed by atoms with van der Waals surface area (Å²) in [4.78, 5) is 27.0. The van der Waals surface area contributed by atoms with E-state index in [1.54, 1.807) is 0 Å². The highest BCUT2D eigenvalue weighted by molar-refractivity contribution is 5.93. The molecular formula is C12H17N3O4. The average molecular weight is 267 g/mol. The van der Waals surface area contributed by atoms with Crippen LogP contribution in [-0.2, 0) is 0 Å². The van der Waals surface area contributed by atoms with Crippen molar-refractivity contribution in [1.29, 1.82) is 0 Å². The van der Waals surface area contributed by atoms with Crippen molar-refractivity contribution in [3.8, 4) is 0 Å². The molecule has 19 heavy (non-hydrogen) atoms. The van der Waals surface area contributed by atoms with Gasteiger partial charge in [0.1, 0.15) is 17.6 Å². The summed E-state index contributed by atoms with van der Waals surface area (Å²) in [6.45, 7) is 6.62. The van der Waals surface area contributed by atoms with E-state index in [0.29, 0.717) is 12.4 Å². The van der Waals surface area contributed by atoms with Gasteiger partial charge in [0, 0.05) is 18.7 Å². The fourth-order valence-electron chi connectivity index (χ4n) is 1.79. The molecule has 0 aromatic carbocycles. The molecule has 7 nitrogen and oxygen atoms in total. The molecular weight excluding hydrogens is 250 g/mol. The number of aromatic carboxylic acids is 1. The van der Waals surface area contributed by atoms with Gasteiger partial charge >= 0.3 is 11.7 Å².